The van der Waals surface area contributed by atoms with E-state index in [4.69, 9.17) is 17.2 Å². The molecule has 0 aromatic rings. The van der Waals surface area contributed by atoms with Crippen molar-refractivity contribution in [3.05, 3.63) is 0 Å². The standard InChI is InChI=1S/C27H46N8O9S/c1-5-13(2)21(25(41)33-17(12-20(30)37)26(42)35-9-6-7-18(35)27(43)44)34-22(38)14(3)31-24(40)16(8-10-45-4)32-23(39)15(28)11-19(29)36/h13-18,21H,5-12,28H2,1-4H3,(H2,29,36)(H2,30,37)(H,31,40)(H,32,39)(H,33,41)(H,34,38)(H,43,44)/t13-,14-,15-,16-,17-,18-,21-/m0/s1. The summed E-state index contributed by atoms with van der Waals surface area (Å²) < 4.78 is 0. The van der Waals surface area contributed by atoms with Crippen molar-refractivity contribution in [1.29, 1.82) is 0 Å². The van der Waals surface area contributed by atoms with Gasteiger partial charge in [-0.15, -0.1) is 0 Å². The third-order valence-electron chi connectivity index (χ3n) is 7.39. The van der Waals surface area contributed by atoms with Gasteiger partial charge >= 0.3 is 5.97 Å². The summed E-state index contributed by atoms with van der Waals surface area (Å²) in [6.07, 6.45) is 2.02. The summed E-state index contributed by atoms with van der Waals surface area (Å²) in [6, 6.07) is -7.33. The first-order valence-electron chi connectivity index (χ1n) is 14.6. The second kappa shape index (κ2) is 18.8. The van der Waals surface area contributed by atoms with Crippen LogP contribution in [0.5, 0.6) is 0 Å². The van der Waals surface area contributed by atoms with E-state index in [1.807, 2.05) is 0 Å². The van der Waals surface area contributed by atoms with E-state index in [1.165, 1.54) is 18.7 Å². The molecule has 11 N–H and O–H groups in total. The normalized spacial score (nSPS) is 18.3. The third-order valence-corrected chi connectivity index (χ3v) is 8.03. The lowest BCUT2D eigenvalue weighted by Crippen LogP contribution is -2.60. The van der Waals surface area contributed by atoms with Crippen LogP contribution in [-0.4, -0.2) is 112 Å². The minimum absolute atomic E-state index is 0.124. The van der Waals surface area contributed by atoms with Crippen molar-refractivity contribution in [2.24, 2.45) is 23.1 Å². The minimum atomic E-state index is -1.46. The Morgan fingerprint density at radius 2 is 1.47 bits per heavy atom. The second-order valence-electron chi connectivity index (χ2n) is 11.0. The van der Waals surface area contributed by atoms with Gasteiger partial charge in [-0.1, -0.05) is 20.3 Å². The van der Waals surface area contributed by atoms with E-state index in [2.05, 4.69) is 21.3 Å². The molecule has 1 heterocycles. The van der Waals surface area contributed by atoms with E-state index >= 15 is 0 Å². The number of nitrogens with two attached hydrogens (primary N) is 3. The first kappa shape index (κ1) is 39.1. The summed E-state index contributed by atoms with van der Waals surface area (Å²) in [6.45, 7) is 4.92. The smallest absolute Gasteiger partial charge is 0.326 e. The monoisotopic (exact) mass is 658 g/mol. The number of rotatable bonds is 19. The Bertz CT molecular complexity index is 1120. The number of hydrogen-bond acceptors (Lipinski definition) is 10. The number of nitrogens with one attached hydrogen (secondary N) is 4. The first-order chi connectivity index (χ1) is 21.0. The molecule has 7 atom stereocenters. The number of amides is 7. The van der Waals surface area contributed by atoms with Gasteiger partial charge in [-0.3, -0.25) is 33.6 Å². The molecule has 17 nitrogen and oxygen atoms in total. The van der Waals surface area contributed by atoms with E-state index < -0.39 is 102 Å². The van der Waals surface area contributed by atoms with E-state index in [-0.39, 0.29) is 19.4 Å². The van der Waals surface area contributed by atoms with Crippen LogP contribution in [0, 0.1) is 5.92 Å². The van der Waals surface area contributed by atoms with Gasteiger partial charge in [0.2, 0.25) is 41.4 Å². The van der Waals surface area contributed by atoms with Gasteiger partial charge in [0.05, 0.1) is 18.9 Å². The molecule has 18 heteroatoms. The van der Waals surface area contributed by atoms with Gasteiger partial charge in [0.25, 0.3) is 0 Å². The Hall–Kier alpha value is -3.93. The fourth-order valence-corrected chi connectivity index (χ4v) is 5.07. The average molecular weight is 659 g/mol. The van der Waals surface area contributed by atoms with Crippen LogP contribution in [0.2, 0.25) is 0 Å². The lowest BCUT2D eigenvalue weighted by atomic mass is 9.97. The number of thioether (sulfide) groups is 1. The molecule has 0 aliphatic carbocycles. The number of aliphatic carboxylic acids is 1. The van der Waals surface area contributed by atoms with Crippen molar-refractivity contribution < 1.29 is 43.5 Å². The Morgan fingerprint density at radius 1 is 0.867 bits per heavy atom. The highest BCUT2D eigenvalue weighted by atomic mass is 32.2. The number of hydrogen-bond donors (Lipinski definition) is 8. The third kappa shape index (κ3) is 12.5. The number of likely N-dealkylation sites (tertiary alicyclic amines) is 1. The molecule has 0 saturated carbocycles. The quantitative estimate of drug-likeness (QED) is 0.0688. The molecule has 254 valence electrons. The molecule has 1 fully saturated rings. The van der Waals surface area contributed by atoms with Gasteiger partial charge < -0.3 is 48.5 Å². The zero-order chi connectivity index (χ0) is 34.4. The van der Waals surface area contributed by atoms with Gasteiger partial charge in [-0.25, -0.2) is 4.79 Å². The molecule has 1 aliphatic rings. The molecule has 7 amide bonds. The molecule has 0 unspecified atom stereocenters. The molecule has 1 saturated heterocycles. The Morgan fingerprint density at radius 3 is 2.00 bits per heavy atom. The van der Waals surface area contributed by atoms with E-state index in [9.17, 15) is 43.5 Å². The summed E-state index contributed by atoms with van der Waals surface area (Å²) in [5.74, 6) is -6.74. The van der Waals surface area contributed by atoms with Gasteiger partial charge in [0.15, 0.2) is 0 Å². The summed E-state index contributed by atoms with van der Waals surface area (Å²) in [4.78, 5) is 101. The van der Waals surface area contributed by atoms with Crippen molar-refractivity contribution in [1.82, 2.24) is 26.2 Å². The van der Waals surface area contributed by atoms with Crippen LogP contribution in [-0.2, 0) is 38.4 Å². The van der Waals surface area contributed by atoms with E-state index in [0.29, 0.717) is 18.6 Å². The maximum Gasteiger partial charge on any atom is 0.326 e. The lowest BCUT2D eigenvalue weighted by molar-refractivity contribution is -0.149. The van der Waals surface area contributed by atoms with Crippen molar-refractivity contribution in [2.45, 2.75) is 95.5 Å². The predicted octanol–water partition coefficient (Wildman–Crippen LogP) is -3.10. The maximum absolute atomic E-state index is 13.4. The molecule has 0 aromatic carbocycles. The fraction of sp³-hybridized carbons (Fsp3) is 0.704. The average Bonchev–Trinajstić information content (AvgIpc) is 3.46. The van der Waals surface area contributed by atoms with Crippen molar-refractivity contribution in [2.75, 3.05) is 18.6 Å². The Balaban J connectivity index is 3.04. The van der Waals surface area contributed by atoms with Crippen LogP contribution in [0.1, 0.15) is 59.3 Å². The summed E-state index contributed by atoms with van der Waals surface area (Å²) in [7, 11) is 0. The first-order valence-corrected chi connectivity index (χ1v) is 16.0. The van der Waals surface area contributed by atoms with Crippen LogP contribution in [0.25, 0.3) is 0 Å². The van der Waals surface area contributed by atoms with Crippen LogP contribution < -0.4 is 38.5 Å². The molecular formula is C27H46N8O9S. The molecule has 0 bridgehead atoms. The van der Waals surface area contributed by atoms with Crippen molar-refractivity contribution >= 4 is 59.1 Å². The highest BCUT2D eigenvalue weighted by Gasteiger charge is 2.39. The van der Waals surface area contributed by atoms with Crippen LogP contribution >= 0.6 is 11.8 Å². The zero-order valence-corrected chi connectivity index (χ0v) is 26.8. The van der Waals surface area contributed by atoms with Crippen LogP contribution in [0.15, 0.2) is 0 Å². The SMILES string of the molecule is CC[C@H](C)[C@H](NC(=O)[C@H](C)NC(=O)[C@H](CCSC)NC(=O)[C@@H](N)CC(N)=O)C(=O)N[C@@H](CC(N)=O)C(=O)N1CCC[C@H]1C(=O)O. The molecular weight excluding hydrogens is 612 g/mol. The van der Waals surface area contributed by atoms with Crippen molar-refractivity contribution in [3.8, 4) is 0 Å². The molecule has 0 radical (unpaired) electrons. The highest BCUT2D eigenvalue weighted by molar-refractivity contribution is 7.98. The van der Waals surface area contributed by atoms with Crippen LogP contribution in [0.4, 0.5) is 0 Å². The van der Waals surface area contributed by atoms with Gasteiger partial charge in [0, 0.05) is 6.54 Å². The molecule has 1 rings (SSSR count). The minimum Gasteiger partial charge on any atom is -0.480 e. The molecule has 45 heavy (non-hydrogen) atoms. The number of primary amides is 2. The molecule has 1 aliphatic heterocycles. The van der Waals surface area contributed by atoms with Gasteiger partial charge in [-0.2, -0.15) is 11.8 Å². The zero-order valence-electron chi connectivity index (χ0n) is 26.0. The van der Waals surface area contributed by atoms with E-state index in [0.717, 1.165) is 4.90 Å². The number of nitrogens with zero attached hydrogens (tertiary/aromatic N) is 1. The highest BCUT2D eigenvalue weighted by Crippen LogP contribution is 2.19. The van der Waals surface area contributed by atoms with Gasteiger partial charge in [-0.05, 0) is 44.1 Å². The number of carbonyl (C=O) groups excluding carboxylic acids is 7. The summed E-state index contributed by atoms with van der Waals surface area (Å²) in [5, 5.41) is 19.4. The van der Waals surface area contributed by atoms with Gasteiger partial charge in [0.1, 0.15) is 30.2 Å². The largest absolute Gasteiger partial charge is 0.480 e. The summed E-state index contributed by atoms with van der Waals surface area (Å²) in [5.41, 5.74) is 16.1. The topological polar surface area (TPSA) is 286 Å². The van der Waals surface area contributed by atoms with E-state index in [1.54, 1.807) is 20.1 Å². The lowest BCUT2D eigenvalue weighted by Gasteiger charge is -2.30. The molecule has 0 aromatic heterocycles. The summed E-state index contributed by atoms with van der Waals surface area (Å²) >= 11 is 1.41. The Kier molecular flexibility index (Phi) is 16.3. The Labute approximate surface area is 265 Å². The molecule has 0 spiro atoms. The number of carbonyl (C=O) groups is 8. The maximum atomic E-state index is 13.4. The van der Waals surface area contributed by atoms with Crippen molar-refractivity contribution in [3.63, 3.8) is 0 Å². The number of carboxylic acid groups (broad SMARTS) is 1. The second-order valence-corrected chi connectivity index (χ2v) is 12.0. The fourth-order valence-electron chi connectivity index (χ4n) is 4.60. The predicted molar refractivity (Wildman–Crippen MR) is 164 cm³/mol. The number of carboxylic acids is 1. The van der Waals surface area contributed by atoms with Crippen LogP contribution in [0.3, 0.4) is 0 Å².